The van der Waals surface area contributed by atoms with Gasteiger partial charge < -0.3 is 13.9 Å². The summed E-state index contributed by atoms with van der Waals surface area (Å²) in [4.78, 5) is 18.1. The zero-order valence-electron chi connectivity index (χ0n) is 16.8. The third-order valence-corrected chi connectivity index (χ3v) is 6.18. The summed E-state index contributed by atoms with van der Waals surface area (Å²) < 4.78 is 18.8. The van der Waals surface area contributed by atoms with E-state index < -0.39 is 0 Å². The first-order chi connectivity index (χ1) is 16.1. The summed E-state index contributed by atoms with van der Waals surface area (Å²) in [7, 11) is 0. The molecule has 162 valence electrons. The van der Waals surface area contributed by atoms with E-state index in [-0.39, 0.29) is 18.2 Å². The Labute approximate surface area is 200 Å². The second-order valence-corrected chi connectivity index (χ2v) is 8.62. The van der Waals surface area contributed by atoms with Gasteiger partial charge in [-0.25, -0.2) is 4.98 Å². The molecule has 9 heteroatoms. The average Bonchev–Trinajstić information content (AvgIpc) is 3.44. The molecule has 2 aromatic heterocycles. The van der Waals surface area contributed by atoms with E-state index in [1.54, 1.807) is 60.8 Å². The molecule has 0 radical (unpaired) electrons. The molecule has 0 amide bonds. The van der Waals surface area contributed by atoms with E-state index in [1.165, 1.54) is 4.68 Å². The highest BCUT2D eigenvalue weighted by molar-refractivity contribution is 9.10. The highest BCUT2D eigenvalue weighted by Gasteiger charge is 2.18. The fourth-order valence-electron chi connectivity index (χ4n) is 3.67. The molecule has 33 heavy (non-hydrogen) atoms. The summed E-state index contributed by atoms with van der Waals surface area (Å²) in [5.74, 6) is 1.93. The van der Waals surface area contributed by atoms with Crippen LogP contribution in [0.1, 0.15) is 5.56 Å². The number of ether oxygens (including phenoxy) is 2. The summed E-state index contributed by atoms with van der Waals surface area (Å²) in [5, 5.41) is 6.31. The fraction of sp³-hybridized carbons (Fsp3) is 0.0417. The van der Waals surface area contributed by atoms with Gasteiger partial charge in [0.1, 0.15) is 5.58 Å². The van der Waals surface area contributed by atoms with Crippen LogP contribution in [-0.2, 0) is 0 Å². The van der Waals surface area contributed by atoms with Crippen LogP contribution >= 0.6 is 27.5 Å². The summed E-state index contributed by atoms with van der Waals surface area (Å²) >= 11 is 9.64. The van der Waals surface area contributed by atoms with Crippen molar-refractivity contribution in [3.63, 3.8) is 0 Å². The lowest BCUT2D eigenvalue weighted by Crippen LogP contribution is -2.20. The number of para-hydroxylation sites is 1. The summed E-state index contributed by atoms with van der Waals surface area (Å²) in [5.41, 5.74) is 1.57. The standard InChI is InChI=1S/C24H13BrClN3O4/c25-17-10-21-20(31-12-32-21)9-14(17)11-27-29-23(28-18-4-2-1-3-16(18)24(29)30)22-8-13-7-15(26)5-6-19(13)33-22/h1-11H,12H2. The number of rotatable bonds is 3. The molecule has 0 spiro atoms. The quantitative estimate of drug-likeness (QED) is 0.278. The molecule has 0 fully saturated rings. The Hall–Kier alpha value is -3.62. The smallest absolute Gasteiger partial charge is 0.282 e. The Morgan fingerprint density at radius 3 is 2.76 bits per heavy atom. The van der Waals surface area contributed by atoms with Gasteiger partial charge >= 0.3 is 0 Å². The molecule has 0 N–H and O–H groups in total. The lowest BCUT2D eigenvalue weighted by Gasteiger charge is -2.07. The lowest BCUT2D eigenvalue weighted by atomic mass is 10.2. The maximum absolute atomic E-state index is 13.4. The van der Waals surface area contributed by atoms with Crippen LogP contribution in [0.15, 0.2) is 79.4 Å². The predicted molar refractivity (Wildman–Crippen MR) is 129 cm³/mol. The number of aromatic nitrogens is 2. The van der Waals surface area contributed by atoms with Gasteiger partial charge in [0.2, 0.25) is 12.6 Å². The number of hydrogen-bond donors (Lipinski definition) is 0. The predicted octanol–water partition coefficient (Wildman–Crippen LogP) is 5.84. The Morgan fingerprint density at radius 2 is 1.88 bits per heavy atom. The third-order valence-electron chi connectivity index (χ3n) is 5.26. The van der Waals surface area contributed by atoms with Crippen LogP contribution in [0, 0.1) is 0 Å². The van der Waals surface area contributed by atoms with Crippen molar-refractivity contribution < 1.29 is 13.9 Å². The minimum Gasteiger partial charge on any atom is -0.454 e. The van der Waals surface area contributed by atoms with E-state index in [2.05, 4.69) is 26.0 Å². The van der Waals surface area contributed by atoms with Crippen LogP contribution in [0.4, 0.5) is 0 Å². The van der Waals surface area contributed by atoms with Crippen LogP contribution in [0.5, 0.6) is 11.5 Å². The summed E-state index contributed by atoms with van der Waals surface area (Å²) in [6.45, 7) is 0.163. The number of benzene rings is 3. The fourth-order valence-corrected chi connectivity index (χ4v) is 4.27. The number of hydrogen-bond acceptors (Lipinski definition) is 6. The molecule has 1 aliphatic heterocycles. The number of furan rings is 1. The van der Waals surface area contributed by atoms with Gasteiger partial charge in [-0.1, -0.05) is 23.7 Å². The largest absolute Gasteiger partial charge is 0.454 e. The first-order valence-corrected chi connectivity index (χ1v) is 11.1. The van der Waals surface area contributed by atoms with Gasteiger partial charge in [0.25, 0.3) is 5.56 Å². The molecule has 0 saturated heterocycles. The molecule has 0 saturated carbocycles. The van der Waals surface area contributed by atoms with Crippen molar-refractivity contribution in [3.05, 3.63) is 86.1 Å². The van der Waals surface area contributed by atoms with Gasteiger partial charge in [-0.2, -0.15) is 9.78 Å². The maximum atomic E-state index is 13.4. The van der Waals surface area contributed by atoms with E-state index >= 15 is 0 Å². The normalized spacial score (nSPS) is 12.9. The van der Waals surface area contributed by atoms with E-state index in [0.717, 1.165) is 9.86 Å². The van der Waals surface area contributed by atoms with E-state index in [0.29, 0.717) is 44.3 Å². The van der Waals surface area contributed by atoms with Crippen LogP contribution < -0.4 is 15.0 Å². The van der Waals surface area contributed by atoms with Crippen molar-refractivity contribution in [2.75, 3.05) is 6.79 Å². The van der Waals surface area contributed by atoms with Gasteiger partial charge in [-0.15, -0.1) is 0 Å². The Kier molecular flexibility index (Phi) is 4.70. The second kappa shape index (κ2) is 7.75. The molecule has 0 atom stereocenters. The molecule has 5 aromatic rings. The van der Waals surface area contributed by atoms with Gasteiger partial charge in [0, 0.05) is 20.4 Å². The second-order valence-electron chi connectivity index (χ2n) is 7.33. The number of fused-ring (bicyclic) bond motifs is 3. The van der Waals surface area contributed by atoms with Crippen LogP contribution in [0.2, 0.25) is 5.02 Å². The monoisotopic (exact) mass is 521 g/mol. The Bertz CT molecular complexity index is 1660. The van der Waals surface area contributed by atoms with Gasteiger partial charge in [-0.3, -0.25) is 4.79 Å². The maximum Gasteiger partial charge on any atom is 0.282 e. The lowest BCUT2D eigenvalue weighted by molar-refractivity contribution is 0.174. The summed E-state index contributed by atoms with van der Waals surface area (Å²) in [6, 6.07) is 17.8. The van der Waals surface area contributed by atoms with Gasteiger partial charge in [-0.05, 0) is 64.5 Å². The molecule has 0 bridgehead atoms. The Morgan fingerprint density at radius 1 is 1.06 bits per heavy atom. The average molecular weight is 523 g/mol. The molecule has 6 rings (SSSR count). The molecule has 3 heterocycles. The molecular formula is C24H13BrClN3O4. The SMILES string of the molecule is O=c1c2ccccc2nc(-c2cc3cc(Cl)ccc3o2)n1N=Cc1cc2c(cc1Br)OCO2. The first kappa shape index (κ1) is 20.0. The first-order valence-electron chi connectivity index (χ1n) is 9.91. The topological polar surface area (TPSA) is 78.9 Å². The molecule has 7 nitrogen and oxygen atoms in total. The van der Waals surface area contributed by atoms with Crippen LogP contribution in [0.3, 0.4) is 0 Å². The van der Waals surface area contributed by atoms with E-state index in [4.69, 9.17) is 25.5 Å². The highest BCUT2D eigenvalue weighted by atomic mass is 79.9. The van der Waals surface area contributed by atoms with E-state index in [1.807, 2.05) is 6.07 Å². The highest BCUT2D eigenvalue weighted by Crippen LogP contribution is 2.36. The van der Waals surface area contributed by atoms with Crippen molar-refractivity contribution in [2.24, 2.45) is 5.10 Å². The van der Waals surface area contributed by atoms with Crippen molar-refractivity contribution >= 4 is 55.6 Å². The molecule has 3 aromatic carbocycles. The molecular weight excluding hydrogens is 510 g/mol. The zero-order chi connectivity index (χ0) is 22.5. The molecule has 0 aliphatic carbocycles. The van der Waals surface area contributed by atoms with Crippen molar-refractivity contribution in [1.29, 1.82) is 0 Å². The van der Waals surface area contributed by atoms with Gasteiger partial charge in [0.05, 0.1) is 17.1 Å². The Balaban J connectivity index is 1.55. The third kappa shape index (κ3) is 3.48. The van der Waals surface area contributed by atoms with E-state index in [9.17, 15) is 4.79 Å². The molecule has 1 aliphatic rings. The van der Waals surface area contributed by atoms with Crippen LogP contribution in [-0.4, -0.2) is 22.7 Å². The number of nitrogens with zero attached hydrogens (tertiary/aromatic N) is 3. The minimum atomic E-state index is -0.317. The van der Waals surface area contributed by atoms with Crippen molar-refractivity contribution in [1.82, 2.24) is 9.66 Å². The zero-order valence-corrected chi connectivity index (χ0v) is 19.1. The minimum absolute atomic E-state index is 0.163. The van der Waals surface area contributed by atoms with Crippen molar-refractivity contribution in [2.45, 2.75) is 0 Å². The number of halogens is 2. The van der Waals surface area contributed by atoms with Gasteiger partial charge in [0.15, 0.2) is 17.3 Å². The summed E-state index contributed by atoms with van der Waals surface area (Å²) in [6.07, 6.45) is 1.56. The van der Waals surface area contributed by atoms with Crippen molar-refractivity contribution in [3.8, 4) is 23.1 Å². The molecule has 0 unspecified atom stereocenters. The van der Waals surface area contributed by atoms with Crippen LogP contribution in [0.25, 0.3) is 33.5 Å².